The quantitative estimate of drug-likeness (QED) is 0.462. The highest BCUT2D eigenvalue weighted by Gasteiger charge is 2.16. The van der Waals surface area contributed by atoms with Gasteiger partial charge in [-0.1, -0.05) is 40.9 Å². The molecule has 0 bridgehead atoms. The Bertz CT molecular complexity index is 101. The van der Waals surface area contributed by atoms with Gasteiger partial charge in [0.25, 0.3) is 0 Å². The maximum absolute atomic E-state index is 4.01. The number of alkyl halides is 1. The summed E-state index contributed by atoms with van der Waals surface area (Å²) < 4.78 is 0. The molecule has 0 unspecified atom stereocenters. The normalized spacial score (nSPS) is 20.6. The van der Waals surface area contributed by atoms with Gasteiger partial charge in [-0.25, -0.2) is 0 Å². The van der Waals surface area contributed by atoms with Gasteiger partial charge in [0, 0.05) is 5.33 Å². The highest BCUT2D eigenvalue weighted by Crippen LogP contribution is 2.30. The van der Waals surface area contributed by atoms with Crippen LogP contribution in [0.25, 0.3) is 0 Å². The van der Waals surface area contributed by atoms with E-state index in [2.05, 4.69) is 22.5 Å². The predicted molar refractivity (Wildman–Crippen MR) is 44.9 cm³/mol. The molecule has 1 aliphatic carbocycles. The SMILES string of the molecule is C=C(CBr)C1CCCC1. The van der Waals surface area contributed by atoms with Gasteiger partial charge in [-0.3, -0.25) is 0 Å². The summed E-state index contributed by atoms with van der Waals surface area (Å²) in [6.45, 7) is 4.01. The molecule has 0 aromatic rings. The van der Waals surface area contributed by atoms with Crippen LogP contribution in [0.2, 0.25) is 0 Å². The van der Waals surface area contributed by atoms with Crippen molar-refractivity contribution in [3.8, 4) is 0 Å². The number of rotatable bonds is 2. The zero-order chi connectivity index (χ0) is 6.69. The maximum atomic E-state index is 4.01. The number of allylic oxidation sites excluding steroid dienone is 1. The van der Waals surface area contributed by atoms with Crippen LogP contribution in [0.5, 0.6) is 0 Å². The van der Waals surface area contributed by atoms with Crippen LogP contribution < -0.4 is 0 Å². The van der Waals surface area contributed by atoms with Gasteiger partial charge >= 0.3 is 0 Å². The van der Waals surface area contributed by atoms with E-state index in [9.17, 15) is 0 Å². The maximum Gasteiger partial charge on any atom is 0.0241 e. The third-order valence-corrected chi connectivity index (χ3v) is 2.82. The van der Waals surface area contributed by atoms with E-state index >= 15 is 0 Å². The Morgan fingerprint density at radius 1 is 1.44 bits per heavy atom. The van der Waals surface area contributed by atoms with E-state index in [1.807, 2.05) is 0 Å². The molecule has 1 heteroatoms. The van der Waals surface area contributed by atoms with Crippen LogP contribution in [-0.4, -0.2) is 5.33 Å². The number of hydrogen-bond donors (Lipinski definition) is 0. The standard InChI is InChI=1S/C8H13Br/c1-7(6-9)8-4-2-3-5-8/h8H,1-6H2. The van der Waals surface area contributed by atoms with Crippen molar-refractivity contribution in [2.24, 2.45) is 5.92 Å². The Labute approximate surface area is 65.5 Å². The molecule has 0 nitrogen and oxygen atoms in total. The molecule has 0 aromatic carbocycles. The first-order chi connectivity index (χ1) is 4.34. The molecule has 1 fully saturated rings. The number of hydrogen-bond acceptors (Lipinski definition) is 0. The van der Waals surface area contributed by atoms with Gasteiger partial charge < -0.3 is 0 Å². The van der Waals surface area contributed by atoms with Crippen LogP contribution in [0.3, 0.4) is 0 Å². The Morgan fingerprint density at radius 3 is 2.44 bits per heavy atom. The van der Waals surface area contributed by atoms with Crippen LogP contribution >= 0.6 is 15.9 Å². The lowest BCUT2D eigenvalue weighted by Crippen LogP contribution is -1.97. The molecule has 0 saturated heterocycles. The van der Waals surface area contributed by atoms with E-state index < -0.39 is 0 Å². The lowest BCUT2D eigenvalue weighted by molar-refractivity contribution is 0.648. The van der Waals surface area contributed by atoms with Crippen LogP contribution in [0.15, 0.2) is 12.2 Å². The Kier molecular flexibility index (Phi) is 2.77. The molecule has 0 spiro atoms. The average Bonchev–Trinajstić information content (AvgIpc) is 2.37. The molecule has 0 aromatic heterocycles. The Hall–Kier alpha value is 0.220. The van der Waals surface area contributed by atoms with Gasteiger partial charge in [0.1, 0.15) is 0 Å². The molecular formula is C8H13Br. The second-order valence-corrected chi connectivity index (χ2v) is 3.33. The molecule has 1 rings (SSSR count). The smallest absolute Gasteiger partial charge is 0.0241 e. The van der Waals surface area contributed by atoms with Crippen LogP contribution in [0.4, 0.5) is 0 Å². The summed E-state index contributed by atoms with van der Waals surface area (Å²) in [6.07, 6.45) is 5.59. The third-order valence-electron chi connectivity index (χ3n) is 2.10. The minimum absolute atomic E-state index is 0.837. The summed E-state index contributed by atoms with van der Waals surface area (Å²) in [6, 6.07) is 0. The van der Waals surface area contributed by atoms with Crippen molar-refractivity contribution >= 4 is 15.9 Å². The highest BCUT2D eigenvalue weighted by molar-refractivity contribution is 9.09. The fourth-order valence-corrected chi connectivity index (χ4v) is 1.90. The Morgan fingerprint density at radius 2 is 2.00 bits per heavy atom. The lowest BCUT2D eigenvalue weighted by atomic mass is 10.0. The van der Waals surface area contributed by atoms with Gasteiger partial charge in [-0.15, -0.1) is 0 Å². The summed E-state index contributed by atoms with van der Waals surface area (Å²) in [5.74, 6) is 0.837. The van der Waals surface area contributed by atoms with E-state index in [1.165, 1.54) is 31.3 Å². The number of halogens is 1. The monoisotopic (exact) mass is 188 g/mol. The average molecular weight is 189 g/mol. The van der Waals surface area contributed by atoms with E-state index in [0.717, 1.165) is 11.2 Å². The van der Waals surface area contributed by atoms with Gasteiger partial charge in [0.2, 0.25) is 0 Å². The first-order valence-electron chi connectivity index (χ1n) is 3.58. The minimum Gasteiger partial charge on any atom is -0.0987 e. The predicted octanol–water partition coefficient (Wildman–Crippen LogP) is 3.13. The van der Waals surface area contributed by atoms with Gasteiger partial charge in [-0.2, -0.15) is 0 Å². The van der Waals surface area contributed by atoms with Crippen molar-refractivity contribution in [3.63, 3.8) is 0 Å². The molecule has 0 atom stereocenters. The van der Waals surface area contributed by atoms with Crippen LogP contribution in [0.1, 0.15) is 25.7 Å². The zero-order valence-corrected chi connectivity index (χ0v) is 7.28. The summed E-state index contributed by atoms with van der Waals surface area (Å²) in [4.78, 5) is 0. The fraction of sp³-hybridized carbons (Fsp3) is 0.750. The van der Waals surface area contributed by atoms with Crippen molar-refractivity contribution in [2.75, 3.05) is 5.33 Å². The summed E-state index contributed by atoms with van der Waals surface area (Å²) >= 11 is 3.43. The first-order valence-corrected chi connectivity index (χ1v) is 4.70. The zero-order valence-electron chi connectivity index (χ0n) is 5.70. The van der Waals surface area contributed by atoms with E-state index in [0.29, 0.717) is 0 Å². The van der Waals surface area contributed by atoms with Gasteiger partial charge in [-0.05, 0) is 18.8 Å². The molecule has 52 valence electrons. The molecule has 1 saturated carbocycles. The van der Waals surface area contributed by atoms with Gasteiger partial charge in [0.05, 0.1) is 0 Å². The lowest BCUT2D eigenvalue weighted by Gasteiger charge is -2.08. The van der Waals surface area contributed by atoms with Crippen LogP contribution in [0, 0.1) is 5.92 Å². The largest absolute Gasteiger partial charge is 0.0987 e. The second-order valence-electron chi connectivity index (χ2n) is 2.77. The molecule has 0 amide bonds. The second kappa shape index (κ2) is 3.40. The van der Waals surface area contributed by atoms with Crippen LogP contribution in [-0.2, 0) is 0 Å². The topological polar surface area (TPSA) is 0 Å². The highest BCUT2D eigenvalue weighted by atomic mass is 79.9. The van der Waals surface area contributed by atoms with Crippen molar-refractivity contribution in [2.45, 2.75) is 25.7 Å². The van der Waals surface area contributed by atoms with Crippen molar-refractivity contribution < 1.29 is 0 Å². The van der Waals surface area contributed by atoms with Crippen molar-refractivity contribution in [1.82, 2.24) is 0 Å². The van der Waals surface area contributed by atoms with E-state index in [1.54, 1.807) is 0 Å². The first kappa shape index (κ1) is 7.33. The molecular weight excluding hydrogens is 176 g/mol. The molecule has 0 radical (unpaired) electrons. The van der Waals surface area contributed by atoms with E-state index in [4.69, 9.17) is 0 Å². The Balaban J connectivity index is 2.32. The van der Waals surface area contributed by atoms with E-state index in [-0.39, 0.29) is 0 Å². The molecule has 0 heterocycles. The molecule has 1 aliphatic rings. The fourth-order valence-electron chi connectivity index (χ4n) is 1.44. The van der Waals surface area contributed by atoms with Crippen molar-refractivity contribution in [1.29, 1.82) is 0 Å². The molecule has 0 aliphatic heterocycles. The molecule has 9 heavy (non-hydrogen) atoms. The molecule has 0 N–H and O–H groups in total. The minimum atomic E-state index is 0.837. The summed E-state index contributed by atoms with van der Waals surface area (Å²) in [5, 5.41) is 0.998. The third kappa shape index (κ3) is 1.82. The summed E-state index contributed by atoms with van der Waals surface area (Å²) in [7, 11) is 0. The van der Waals surface area contributed by atoms with Gasteiger partial charge in [0.15, 0.2) is 0 Å². The summed E-state index contributed by atoms with van der Waals surface area (Å²) in [5.41, 5.74) is 1.40. The van der Waals surface area contributed by atoms with Crippen molar-refractivity contribution in [3.05, 3.63) is 12.2 Å².